The molecule has 0 spiro atoms. The summed E-state index contributed by atoms with van der Waals surface area (Å²) in [7, 11) is 6.30. The fourth-order valence-electron chi connectivity index (χ4n) is 2.47. The summed E-state index contributed by atoms with van der Waals surface area (Å²) in [4.78, 5) is 28.6. The lowest BCUT2D eigenvalue weighted by Gasteiger charge is -2.03. The molecule has 0 saturated carbocycles. The quantitative estimate of drug-likeness (QED) is 0.548. The van der Waals surface area contributed by atoms with Gasteiger partial charge in [-0.05, 0) is 29.8 Å². The molecule has 9 nitrogen and oxygen atoms in total. The fraction of sp³-hybridized carbons (Fsp3) is 0.250. The smallest absolute Gasteiger partial charge is 0.332 e. The Morgan fingerprint density at radius 3 is 2.40 bits per heavy atom. The maximum absolute atomic E-state index is 12.3. The average molecular weight is 342 g/mol. The molecule has 2 aromatic heterocycles. The van der Waals surface area contributed by atoms with E-state index in [1.165, 1.54) is 11.6 Å². The lowest BCUT2D eigenvalue weighted by atomic mass is 10.2. The van der Waals surface area contributed by atoms with Gasteiger partial charge in [-0.25, -0.2) is 10.2 Å². The SMILES string of the molecule is COc1ccc(/C=N\Nc2nc3c(c(=O)n(C)c(=O)n3C)n2C)cc1. The third-order valence-corrected chi connectivity index (χ3v) is 3.97. The van der Waals surface area contributed by atoms with E-state index in [2.05, 4.69) is 15.5 Å². The number of aryl methyl sites for hydroxylation is 2. The van der Waals surface area contributed by atoms with Gasteiger partial charge in [-0.2, -0.15) is 10.1 Å². The molecule has 0 atom stereocenters. The first-order valence-corrected chi connectivity index (χ1v) is 7.49. The molecule has 2 heterocycles. The van der Waals surface area contributed by atoms with Gasteiger partial charge in [0.1, 0.15) is 5.75 Å². The van der Waals surface area contributed by atoms with E-state index in [-0.39, 0.29) is 0 Å². The van der Waals surface area contributed by atoms with E-state index in [9.17, 15) is 9.59 Å². The van der Waals surface area contributed by atoms with Crippen LogP contribution >= 0.6 is 0 Å². The van der Waals surface area contributed by atoms with E-state index in [0.29, 0.717) is 17.1 Å². The molecule has 0 radical (unpaired) electrons. The molecule has 0 fully saturated rings. The van der Waals surface area contributed by atoms with Crippen LogP contribution in [0, 0.1) is 0 Å². The van der Waals surface area contributed by atoms with E-state index in [1.54, 1.807) is 32.0 Å². The summed E-state index contributed by atoms with van der Waals surface area (Å²) in [5, 5.41) is 4.13. The Bertz CT molecular complexity index is 1070. The summed E-state index contributed by atoms with van der Waals surface area (Å²) in [6, 6.07) is 7.38. The van der Waals surface area contributed by atoms with E-state index in [1.807, 2.05) is 24.3 Å². The van der Waals surface area contributed by atoms with E-state index < -0.39 is 11.2 Å². The van der Waals surface area contributed by atoms with Crippen molar-refractivity contribution in [3.05, 3.63) is 50.7 Å². The molecule has 0 aliphatic heterocycles. The number of hydrazone groups is 1. The number of imidazole rings is 1. The van der Waals surface area contributed by atoms with Crippen molar-refractivity contribution < 1.29 is 4.74 Å². The number of nitrogens with zero attached hydrogens (tertiary/aromatic N) is 5. The highest BCUT2D eigenvalue weighted by Gasteiger charge is 2.16. The van der Waals surface area contributed by atoms with Crippen LogP contribution in [-0.2, 0) is 21.1 Å². The number of aromatic nitrogens is 4. The second-order valence-corrected chi connectivity index (χ2v) is 5.52. The molecule has 0 bridgehead atoms. The third kappa shape index (κ3) is 2.80. The van der Waals surface area contributed by atoms with Gasteiger partial charge in [0.15, 0.2) is 11.2 Å². The van der Waals surface area contributed by atoms with Gasteiger partial charge in [-0.1, -0.05) is 0 Å². The number of benzene rings is 1. The highest BCUT2D eigenvalue weighted by atomic mass is 16.5. The van der Waals surface area contributed by atoms with Crippen molar-refractivity contribution >= 4 is 23.3 Å². The van der Waals surface area contributed by atoms with E-state index in [0.717, 1.165) is 15.9 Å². The molecule has 0 unspecified atom stereocenters. The van der Waals surface area contributed by atoms with Crippen LogP contribution in [-0.4, -0.2) is 32.0 Å². The zero-order chi connectivity index (χ0) is 18.1. The average Bonchev–Trinajstić information content (AvgIpc) is 2.95. The van der Waals surface area contributed by atoms with Gasteiger partial charge in [0.05, 0.1) is 13.3 Å². The van der Waals surface area contributed by atoms with Gasteiger partial charge >= 0.3 is 5.69 Å². The van der Waals surface area contributed by atoms with E-state index in [4.69, 9.17) is 4.74 Å². The predicted octanol–water partition coefficient (Wildman–Crippen LogP) is 0.425. The van der Waals surface area contributed by atoms with Gasteiger partial charge in [0.25, 0.3) is 5.56 Å². The van der Waals surface area contributed by atoms with Crippen LogP contribution in [0.1, 0.15) is 5.56 Å². The van der Waals surface area contributed by atoms with Crippen molar-refractivity contribution in [2.45, 2.75) is 0 Å². The number of ether oxygens (including phenoxy) is 1. The Morgan fingerprint density at radius 2 is 1.76 bits per heavy atom. The van der Waals surface area contributed by atoms with Gasteiger partial charge in [0.2, 0.25) is 5.95 Å². The summed E-state index contributed by atoms with van der Waals surface area (Å²) < 4.78 is 9.05. The first-order valence-electron chi connectivity index (χ1n) is 7.49. The molecular weight excluding hydrogens is 324 g/mol. The molecule has 1 N–H and O–H groups in total. The molecule has 0 amide bonds. The van der Waals surface area contributed by atoms with Gasteiger partial charge in [-0.15, -0.1) is 0 Å². The number of anilines is 1. The minimum Gasteiger partial charge on any atom is -0.497 e. The number of methoxy groups -OCH3 is 1. The lowest BCUT2D eigenvalue weighted by Crippen LogP contribution is -2.37. The fourth-order valence-corrected chi connectivity index (χ4v) is 2.47. The van der Waals surface area contributed by atoms with Crippen molar-refractivity contribution in [3.63, 3.8) is 0 Å². The van der Waals surface area contributed by atoms with Crippen LogP contribution in [0.5, 0.6) is 5.75 Å². The highest BCUT2D eigenvalue weighted by Crippen LogP contribution is 2.13. The highest BCUT2D eigenvalue weighted by molar-refractivity contribution is 5.80. The van der Waals surface area contributed by atoms with Crippen LogP contribution < -0.4 is 21.4 Å². The number of nitrogens with one attached hydrogen (secondary N) is 1. The molecule has 3 aromatic rings. The number of hydrogen-bond donors (Lipinski definition) is 1. The summed E-state index contributed by atoms with van der Waals surface area (Å²) in [6.07, 6.45) is 1.62. The normalized spacial score (nSPS) is 11.4. The Hall–Kier alpha value is -3.36. The Morgan fingerprint density at radius 1 is 1.08 bits per heavy atom. The maximum Gasteiger partial charge on any atom is 0.332 e. The monoisotopic (exact) mass is 342 g/mol. The first-order chi connectivity index (χ1) is 11.9. The summed E-state index contributed by atoms with van der Waals surface area (Å²) in [6.45, 7) is 0. The van der Waals surface area contributed by atoms with Crippen LogP contribution in [0.4, 0.5) is 5.95 Å². The van der Waals surface area contributed by atoms with Crippen LogP contribution in [0.25, 0.3) is 11.2 Å². The van der Waals surface area contributed by atoms with Crippen molar-refractivity contribution in [1.82, 2.24) is 18.7 Å². The topological polar surface area (TPSA) is 95.4 Å². The molecular formula is C16H18N6O3. The Labute approximate surface area is 142 Å². The minimum absolute atomic E-state index is 0.303. The van der Waals surface area contributed by atoms with Gasteiger partial charge in [0, 0.05) is 21.1 Å². The summed E-state index contributed by atoms with van der Waals surface area (Å²) in [5.74, 6) is 1.12. The van der Waals surface area contributed by atoms with Crippen molar-refractivity contribution in [1.29, 1.82) is 0 Å². The maximum atomic E-state index is 12.3. The lowest BCUT2D eigenvalue weighted by molar-refractivity contribution is 0.415. The predicted molar refractivity (Wildman–Crippen MR) is 95.4 cm³/mol. The zero-order valence-corrected chi connectivity index (χ0v) is 14.3. The molecule has 0 aliphatic carbocycles. The number of fused-ring (bicyclic) bond motifs is 1. The zero-order valence-electron chi connectivity index (χ0n) is 14.3. The molecule has 25 heavy (non-hydrogen) atoms. The van der Waals surface area contributed by atoms with Crippen LogP contribution in [0.2, 0.25) is 0 Å². The Kier molecular flexibility index (Phi) is 4.14. The van der Waals surface area contributed by atoms with Gasteiger partial charge in [-0.3, -0.25) is 13.9 Å². The second kappa shape index (κ2) is 6.27. The second-order valence-electron chi connectivity index (χ2n) is 5.52. The van der Waals surface area contributed by atoms with Crippen molar-refractivity contribution in [3.8, 4) is 5.75 Å². The van der Waals surface area contributed by atoms with Gasteiger partial charge < -0.3 is 9.30 Å². The Balaban J connectivity index is 1.94. The van der Waals surface area contributed by atoms with Crippen molar-refractivity contribution in [2.24, 2.45) is 26.2 Å². The third-order valence-electron chi connectivity index (χ3n) is 3.97. The van der Waals surface area contributed by atoms with Crippen LogP contribution in [0.15, 0.2) is 39.0 Å². The number of hydrogen-bond acceptors (Lipinski definition) is 6. The summed E-state index contributed by atoms with van der Waals surface area (Å²) >= 11 is 0. The van der Waals surface area contributed by atoms with E-state index >= 15 is 0 Å². The minimum atomic E-state index is -0.427. The largest absolute Gasteiger partial charge is 0.497 e. The van der Waals surface area contributed by atoms with Crippen molar-refractivity contribution in [2.75, 3.05) is 12.5 Å². The number of rotatable bonds is 4. The summed E-state index contributed by atoms with van der Waals surface area (Å²) in [5.41, 5.74) is 3.47. The molecule has 0 saturated heterocycles. The molecule has 3 rings (SSSR count). The molecule has 0 aliphatic rings. The molecule has 1 aromatic carbocycles. The van der Waals surface area contributed by atoms with Crippen LogP contribution in [0.3, 0.4) is 0 Å². The molecule has 130 valence electrons. The standard InChI is InChI=1S/C16H18N6O3/c1-20-12-13(21(2)16(24)22(3)14(12)23)18-15(20)19-17-9-10-5-7-11(25-4)8-6-10/h5-9H,1-4H3,(H,18,19)/b17-9-. The molecule has 9 heteroatoms. The first kappa shape index (κ1) is 16.5.